The molecule has 1 amide bonds. The quantitative estimate of drug-likeness (QED) is 0.625. The number of fused-ring (bicyclic) bond motifs is 1. The van der Waals surface area contributed by atoms with Gasteiger partial charge in [-0.25, -0.2) is 0 Å². The van der Waals surface area contributed by atoms with E-state index < -0.39 is 17.3 Å². The zero-order valence-electron chi connectivity index (χ0n) is 14.3. The van der Waals surface area contributed by atoms with Crippen molar-refractivity contribution in [2.45, 2.75) is 18.6 Å². The maximum atomic E-state index is 13.2. The summed E-state index contributed by atoms with van der Waals surface area (Å²) in [4.78, 5) is 27.2. The third-order valence-corrected chi connectivity index (χ3v) is 5.18. The molecule has 0 aliphatic carbocycles. The van der Waals surface area contributed by atoms with Gasteiger partial charge in [0.25, 0.3) is 5.91 Å². The van der Waals surface area contributed by atoms with Gasteiger partial charge in [0.2, 0.25) is 5.78 Å². The van der Waals surface area contributed by atoms with Crippen LogP contribution >= 0.6 is 15.9 Å². The van der Waals surface area contributed by atoms with Gasteiger partial charge in [-0.1, -0.05) is 46.3 Å². The highest BCUT2D eigenvalue weighted by atomic mass is 79.9. The average molecular weight is 426 g/mol. The van der Waals surface area contributed by atoms with E-state index in [1.165, 1.54) is 17.2 Å². The fourth-order valence-electron chi connectivity index (χ4n) is 3.37. The van der Waals surface area contributed by atoms with Crippen LogP contribution in [-0.4, -0.2) is 16.8 Å². The first-order chi connectivity index (χ1) is 13.0. The topological polar surface area (TPSA) is 70.8 Å². The van der Waals surface area contributed by atoms with Gasteiger partial charge in [0, 0.05) is 10.0 Å². The Bertz CT molecular complexity index is 1000. The van der Waals surface area contributed by atoms with Crippen LogP contribution in [0.5, 0.6) is 0 Å². The second-order valence-electron chi connectivity index (χ2n) is 6.48. The van der Waals surface area contributed by atoms with Crippen molar-refractivity contribution in [2.24, 2.45) is 0 Å². The number of benzene rings is 2. The number of nitrogens with zero attached hydrogens (tertiary/aromatic N) is 1. The molecule has 1 N–H and O–H groups in total. The largest absolute Gasteiger partial charge is 0.461 e. The lowest BCUT2D eigenvalue weighted by Crippen LogP contribution is -2.41. The van der Waals surface area contributed by atoms with Gasteiger partial charge in [-0.15, -0.1) is 0 Å². The first-order valence-electron chi connectivity index (χ1n) is 8.44. The summed E-state index contributed by atoms with van der Waals surface area (Å²) >= 11 is 3.38. The smallest absolute Gasteiger partial charge is 0.264 e. The molecule has 1 atom stereocenters. The number of rotatable bonds is 5. The fraction of sp³-hybridized carbons (Fsp3) is 0.143. The van der Waals surface area contributed by atoms with E-state index in [-0.39, 0.29) is 12.2 Å². The lowest BCUT2D eigenvalue weighted by atomic mass is 9.89. The second kappa shape index (κ2) is 6.79. The molecule has 2 heterocycles. The molecule has 0 spiro atoms. The van der Waals surface area contributed by atoms with Gasteiger partial charge in [0.15, 0.2) is 11.4 Å². The lowest BCUT2D eigenvalue weighted by Gasteiger charge is -2.22. The molecule has 3 aromatic rings. The molecule has 136 valence electrons. The van der Waals surface area contributed by atoms with Gasteiger partial charge >= 0.3 is 0 Å². The Kier molecular flexibility index (Phi) is 4.45. The summed E-state index contributed by atoms with van der Waals surface area (Å²) in [6.45, 7) is 0.311. The van der Waals surface area contributed by atoms with Crippen LogP contribution < -0.4 is 4.90 Å². The Morgan fingerprint density at radius 1 is 1.11 bits per heavy atom. The van der Waals surface area contributed by atoms with E-state index in [1.54, 1.807) is 18.2 Å². The highest BCUT2D eigenvalue weighted by molar-refractivity contribution is 9.10. The predicted molar refractivity (Wildman–Crippen MR) is 103 cm³/mol. The molecule has 0 bridgehead atoms. The number of hydrogen-bond donors (Lipinski definition) is 1. The van der Waals surface area contributed by atoms with E-state index in [1.807, 2.05) is 36.4 Å². The molecular formula is C21H16BrNO4. The van der Waals surface area contributed by atoms with Crippen LogP contribution in [0.25, 0.3) is 0 Å². The number of amides is 1. The van der Waals surface area contributed by atoms with Crippen molar-refractivity contribution in [3.8, 4) is 0 Å². The molecule has 27 heavy (non-hydrogen) atoms. The van der Waals surface area contributed by atoms with E-state index in [9.17, 15) is 14.7 Å². The fourth-order valence-corrected chi connectivity index (χ4v) is 3.73. The van der Waals surface area contributed by atoms with E-state index in [0.717, 1.165) is 10.0 Å². The Morgan fingerprint density at radius 3 is 2.59 bits per heavy atom. The molecule has 0 saturated carbocycles. The molecular weight excluding hydrogens is 410 g/mol. The Hall–Kier alpha value is -2.70. The molecule has 0 fully saturated rings. The lowest BCUT2D eigenvalue weighted by molar-refractivity contribution is -0.136. The van der Waals surface area contributed by atoms with Crippen molar-refractivity contribution in [1.82, 2.24) is 0 Å². The SMILES string of the molecule is O=C(C[C@@]1(O)C(=O)N(Cc2ccccc2)c2ccc(Br)cc21)c1ccco1. The van der Waals surface area contributed by atoms with Crippen LogP contribution in [0.4, 0.5) is 5.69 Å². The molecule has 1 aromatic heterocycles. The van der Waals surface area contributed by atoms with E-state index in [2.05, 4.69) is 15.9 Å². The van der Waals surface area contributed by atoms with Crippen molar-refractivity contribution in [1.29, 1.82) is 0 Å². The van der Waals surface area contributed by atoms with Crippen molar-refractivity contribution in [3.63, 3.8) is 0 Å². The van der Waals surface area contributed by atoms with Crippen LogP contribution in [-0.2, 0) is 16.9 Å². The molecule has 2 aromatic carbocycles. The maximum absolute atomic E-state index is 13.2. The summed E-state index contributed by atoms with van der Waals surface area (Å²) in [6, 6.07) is 17.9. The van der Waals surface area contributed by atoms with Gasteiger partial charge in [-0.2, -0.15) is 0 Å². The van der Waals surface area contributed by atoms with E-state index in [0.29, 0.717) is 17.8 Å². The Labute approximate surface area is 164 Å². The molecule has 0 radical (unpaired) electrons. The number of Topliss-reactive ketones (excluding diaryl/α,β-unsaturated/α-hetero) is 1. The molecule has 4 rings (SSSR count). The first kappa shape index (κ1) is 17.7. The van der Waals surface area contributed by atoms with E-state index in [4.69, 9.17) is 4.42 Å². The number of carbonyl (C=O) groups excluding carboxylic acids is 2. The number of furan rings is 1. The zero-order chi connectivity index (χ0) is 19.0. The highest BCUT2D eigenvalue weighted by Gasteiger charge is 2.51. The minimum Gasteiger partial charge on any atom is -0.461 e. The zero-order valence-corrected chi connectivity index (χ0v) is 15.8. The number of hydrogen-bond acceptors (Lipinski definition) is 4. The number of aliphatic hydroxyl groups is 1. The second-order valence-corrected chi connectivity index (χ2v) is 7.39. The summed E-state index contributed by atoms with van der Waals surface area (Å²) in [5.74, 6) is -0.822. The third-order valence-electron chi connectivity index (χ3n) is 4.69. The van der Waals surface area contributed by atoms with Crippen LogP contribution in [0, 0.1) is 0 Å². The maximum Gasteiger partial charge on any atom is 0.264 e. The van der Waals surface area contributed by atoms with Crippen molar-refractivity contribution in [3.05, 3.63) is 88.3 Å². The normalized spacial score (nSPS) is 18.6. The molecule has 1 aliphatic rings. The third kappa shape index (κ3) is 3.11. The molecule has 5 nitrogen and oxygen atoms in total. The number of carbonyl (C=O) groups is 2. The first-order valence-corrected chi connectivity index (χ1v) is 9.23. The Morgan fingerprint density at radius 2 is 1.89 bits per heavy atom. The van der Waals surface area contributed by atoms with Gasteiger partial charge in [0.05, 0.1) is 24.9 Å². The number of anilines is 1. The Balaban J connectivity index is 1.73. The van der Waals surface area contributed by atoms with Crippen LogP contribution in [0.1, 0.15) is 28.1 Å². The number of ketones is 1. The van der Waals surface area contributed by atoms with Crippen LogP contribution in [0.2, 0.25) is 0 Å². The summed E-state index contributed by atoms with van der Waals surface area (Å²) in [5, 5.41) is 11.3. The molecule has 1 aliphatic heterocycles. The molecule has 0 unspecified atom stereocenters. The molecule has 0 saturated heterocycles. The minimum atomic E-state index is -1.93. The summed E-state index contributed by atoms with van der Waals surface area (Å²) in [5.41, 5.74) is 0.0125. The monoisotopic (exact) mass is 425 g/mol. The van der Waals surface area contributed by atoms with Gasteiger partial charge in [0.1, 0.15) is 0 Å². The van der Waals surface area contributed by atoms with Crippen LogP contribution in [0.15, 0.2) is 75.8 Å². The van der Waals surface area contributed by atoms with Gasteiger partial charge < -0.3 is 14.4 Å². The van der Waals surface area contributed by atoms with Crippen LogP contribution in [0.3, 0.4) is 0 Å². The number of halogens is 1. The van der Waals surface area contributed by atoms with Crippen molar-refractivity contribution in [2.75, 3.05) is 4.90 Å². The van der Waals surface area contributed by atoms with Gasteiger partial charge in [-0.3, -0.25) is 9.59 Å². The van der Waals surface area contributed by atoms with Gasteiger partial charge in [-0.05, 0) is 35.9 Å². The van der Waals surface area contributed by atoms with Crippen molar-refractivity contribution < 1.29 is 19.1 Å². The standard InChI is InChI=1S/C21H16BrNO4/c22-15-8-9-17-16(11-15)21(26,12-18(24)19-7-4-10-27-19)20(25)23(17)13-14-5-2-1-3-6-14/h1-11,26H,12-13H2/t21-/m0/s1. The molecule has 6 heteroatoms. The highest BCUT2D eigenvalue weighted by Crippen LogP contribution is 2.44. The van der Waals surface area contributed by atoms with E-state index >= 15 is 0 Å². The summed E-state index contributed by atoms with van der Waals surface area (Å²) < 4.78 is 5.85. The average Bonchev–Trinajstić information content (AvgIpc) is 3.26. The van der Waals surface area contributed by atoms with Crippen molar-refractivity contribution >= 4 is 33.3 Å². The predicted octanol–water partition coefficient (Wildman–Crippen LogP) is 4.05. The minimum absolute atomic E-state index is 0.120. The summed E-state index contributed by atoms with van der Waals surface area (Å²) in [7, 11) is 0. The summed E-state index contributed by atoms with van der Waals surface area (Å²) in [6.07, 6.45) is 1.01.